The van der Waals surface area contributed by atoms with Gasteiger partial charge >= 0.3 is 0 Å². The van der Waals surface area contributed by atoms with E-state index in [-0.39, 0.29) is 0 Å². The van der Waals surface area contributed by atoms with E-state index in [4.69, 9.17) is 23.2 Å². The van der Waals surface area contributed by atoms with E-state index in [2.05, 4.69) is 4.99 Å². The standard InChI is InChI=1S/C11H11Cl2N/c12-11(13)7-4-8-14-10(11)9-5-2-1-3-6-9/h1-3,5-6H,4,7-8H2. The van der Waals surface area contributed by atoms with Crippen molar-refractivity contribution in [2.45, 2.75) is 17.2 Å². The summed E-state index contributed by atoms with van der Waals surface area (Å²) in [5.41, 5.74) is 1.84. The molecule has 14 heavy (non-hydrogen) atoms. The normalized spacial score (nSPS) is 20.3. The number of aliphatic imine (C=N–C) groups is 1. The molecular weight excluding hydrogens is 217 g/mol. The molecule has 0 aliphatic carbocycles. The molecule has 1 aromatic rings. The minimum atomic E-state index is -0.806. The number of hydrogen-bond acceptors (Lipinski definition) is 1. The Balaban J connectivity index is 2.38. The minimum absolute atomic E-state index is 0.782. The van der Waals surface area contributed by atoms with Gasteiger partial charge in [0, 0.05) is 6.54 Å². The summed E-state index contributed by atoms with van der Waals surface area (Å²) in [6.45, 7) is 0.825. The van der Waals surface area contributed by atoms with Gasteiger partial charge in [0.15, 0.2) is 4.33 Å². The van der Waals surface area contributed by atoms with Crippen LogP contribution < -0.4 is 0 Å². The lowest BCUT2D eigenvalue weighted by Gasteiger charge is -2.25. The van der Waals surface area contributed by atoms with E-state index in [1.54, 1.807) is 0 Å². The van der Waals surface area contributed by atoms with Crippen molar-refractivity contribution < 1.29 is 0 Å². The fraction of sp³-hybridized carbons (Fsp3) is 0.364. The third kappa shape index (κ3) is 1.94. The van der Waals surface area contributed by atoms with Gasteiger partial charge in [-0.2, -0.15) is 0 Å². The van der Waals surface area contributed by atoms with Crippen LogP contribution in [0.3, 0.4) is 0 Å². The molecule has 0 radical (unpaired) electrons. The average molecular weight is 228 g/mol. The van der Waals surface area contributed by atoms with Crippen LogP contribution >= 0.6 is 23.2 Å². The summed E-state index contributed by atoms with van der Waals surface area (Å²) >= 11 is 12.4. The summed E-state index contributed by atoms with van der Waals surface area (Å²) in [7, 11) is 0. The number of alkyl halides is 2. The van der Waals surface area contributed by atoms with Gasteiger partial charge in [0.2, 0.25) is 0 Å². The van der Waals surface area contributed by atoms with E-state index >= 15 is 0 Å². The molecule has 0 bridgehead atoms. The summed E-state index contributed by atoms with van der Waals surface area (Å²) in [4.78, 5) is 4.41. The molecule has 74 valence electrons. The van der Waals surface area contributed by atoms with Crippen molar-refractivity contribution in [3.8, 4) is 0 Å². The molecule has 0 atom stereocenters. The van der Waals surface area contributed by atoms with Crippen molar-refractivity contribution in [3.05, 3.63) is 35.9 Å². The Hall–Kier alpha value is -0.530. The maximum absolute atomic E-state index is 6.21. The largest absolute Gasteiger partial charge is 0.286 e. The number of nitrogens with zero attached hydrogens (tertiary/aromatic N) is 1. The second kappa shape index (κ2) is 3.92. The highest BCUT2D eigenvalue weighted by molar-refractivity contribution is 6.60. The summed E-state index contributed by atoms with van der Waals surface area (Å²) < 4.78 is -0.806. The SMILES string of the molecule is ClC1(Cl)CCCN=C1c1ccccc1. The predicted octanol–water partition coefficient (Wildman–Crippen LogP) is 3.44. The third-order valence-corrected chi connectivity index (χ3v) is 3.05. The highest BCUT2D eigenvalue weighted by Crippen LogP contribution is 2.34. The smallest absolute Gasteiger partial charge is 0.160 e. The van der Waals surface area contributed by atoms with Crippen molar-refractivity contribution in [2.24, 2.45) is 4.99 Å². The van der Waals surface area contributed by atoms with Crippen molar-refractivity contribution in [3.63, 3.8) is 0 Å². The van der Waals surface area contributed by atoms with Crippen molar-refractivity contribution in [1.82, 2.24) is 0 Å². The fourth-order valence-electron chi connectivity index (χ4n) is 1.62. The summed E-state index contributed by atoms with van der Waals surface area (Å²) in [6.07, 6.45) is 1.74. The molecule has 0 unspecified atom stereocenters. The Morgan fingerprint density at radius 2 is 1.86 bits per heavy atom. The summed E-state index contributed by atoms with van der Waals surface area (Å²) in [5, 5.41) is 0. The van der Waals surface area contributed by atoms with Gasteiger partial charge in [-0.15, -0.1) is 0 Å². The Kier molecular flexibility index (Phi) is 2.80. The molecule has 3 heteroatoms. The second-order valence-electron chi connectivity index (χ2n) is 3.40. The van der Waals surface area contributed by atoms with Crippen molar-refractivity contribution >= 4 is 28.9 Å². The van der Waals surface area contributed by atoms with E-state index in [1.165, 1.54) is 0 Å². The first-order valence-electron chi connectivity index (χ1n) is 4.68. The quantitative estimate of drug-likeness (QED) is 0.653. The highest BCUT2D eigenvalue weighted by Gasteiger charge is 2.33. The van der Waals surface area contributed by atoms with Gasteiger partial charge in [-0.3, -0.25) is 4.99 Å². The van der Waals surface area contributed by atoms with Crippen LogP contribution in [-0.4, -0.2) is 16.6 Å². The monoisotopic (exact) mass is 227 g/mol. The number of benzene rings is 1. The van der Waals surface area contributed by atoms with Crippen LogP contribution in [-0.2, 0) is 0 Å². The van der Waals surface area contributed by atoms with Gasteiger partial charge in [-0.25, -0.2) is 0 Å². The topological polar surface area (TPSA) is 12.4 Å². The Bertz CT molecular complexity index is 344. The average Bonchev–Trinajstić information content (AvgIpc) is 2.18. The molecule has 0 saturated carbocycles. The molecule has 1 aromatic carbocycles. The van der Waals surface area contributed by atoms with E-state index < -0.39 is 4.33 Å². The van der Waals surface area contributed by atoms with Crippen molar-refractivity contribution in [2.75, 3.05) is 6.54 Å². The van der Waals surface area contributed by atoms with Crippen LogP contribution in [0.25, 0.3) is 0 Å². The van der Waals surface area contributed by atoms with E-state index in [0.29, 0.717) is 0 Å². The van der Waals surface area contributed by atoms with Crippen LogP contribution in [0.15, 0.2) is 35.3 Å². The molecule has 1 aliphatic heterocycles. The van der Waals surface area contributed by atoms with Gasteiger partial charge in [-0.1, -0.05) is 53.5 Å². The lowest BCUT2D eigenvalue weighted by molar-refractivity contribution is 0.713. The zero-order valence-corrected chi connectivity index (χ0v) is 9.22. The molecule has 2 rings (SSSR count). The zero-order chi connectivity index (χ0) is 10.0. The maximum Gasteiger partial charge on any atom is 0.160 e. The number of rotatable bonds is 1. The molecule has 0 aromatic heterocycles. The molecular formula is C11H11Cl2N. The second-order valence-corrected chi connectivity index (χ2v) is 4.89. The van der Waals surface area contributed by atoms with Crippen LogP contribution in [0.5, 0.6) is 0 Å². The third-order valence-electron chi connectivity index (χ3n) is 2.31. The van der Waals surface area contributed by atoms with Crippen LogP contribution in [0, 0.1) is 0 Å². The van der Waals surface area contributed by atoms with Gasteiger partial charge in [0.05, 0.1) is 5.71 Å². The van der Waals surface area contributed by atoms with E-state index in [0.717, 1.165) is 30.7 Å². The number of halogens is 2. The zero-order valence-electron chi connectivity index (χ0n) is 7.71. The van der Waals surface area contributed by atoms with Crippen molar-refractivity contribution in [1.29, 1.82) is 0 Å². The molecule has 0 N–H and O–H groups in total. The fourth-order valence-corrected chi connectivity index (χ4v) is 2.23. The Labute approximate surface area is 93.8 Å². The molecule has 0 fully saturated rings. The van der Waals surface area contributed by atoms with Crippen LogP contribution in [0.1, 0.15) is 18.4 Å². The lowest BCUT2D eigenvalue weighted by atomic mass is 10.0. The summed E-state index contributed by atoms with van der Waals surface area (Å²) in [6, 6.07) is 9.89. The van der Waals surface area contributed by atoms with Crippen LogP contribution in [0.4, 0.5) is 0 Å². The molecule has 0 amide bonds. The molecule has 1 nitrogen and oxygen atoms in total. The molecule has 1 heterocycles. The predicted molar refractivity (Wildman–Crippen MR) is 61.5 cm³/mol. The minimum Gasteiger partial charge on any atom is -0.286 e. The highest BCUT2D eigenvalue weighted by atomic mass is 35.5. The number of hydrogen-bond donors (Lipinski definition) is 0. The maximum atomic E-state index is 6.21. The van der Waals surface area contributed by atoms with E-state index in [9.17, 15) is 0 Å². The Morgan fingerprint density at radius 1 is 1.14 bits per heavy atom. The first-order valence-corrected chi connectivity index (χ1v) is 5.44. The van der Waals surface area contributed by atoms with Crippen LogP contribution in [0.2, 0.25) is 0 Å². The molecule has 0 saturated heterocycles. The molecule has 0 spiro atoms. The van der Waals surface area contributed by atoms with Gasteiger partial charge < -0.3 is 0 Å². The first-order chi connectivity index (χ1) is 6.70. The van der Waals surface area contributed by atoms with Gasteiger partial charge in [-0.05, 0) is 18.4 Å². The van der Waals surface area contributed by atoms with Gasteiger partial charge in [0.25, 0.3) is 0 Å². The van der Waals surface area contributed by atoms with E-state index in [1.807, 2.05) is 30.3 Å². The summed E-state index contributed by atoms with van der Waals surface area (Å²) in [5.74, 6) is 0. The first kappa shape index (κ1) is 10.0. The van der Waals surface area contributed by atoms with Gasteiger partial charge in [0.1, 0.15) is 0 Å². The molecule has 1 aliphatic rings. The Morgan fingerprint density at radius 3 is 2.50 bits per heavy atom. The lowest BCUT2D eigenvalue weighted by Crippen LogP contribution is -2.30.